The molecule has 1 aromatic rings. The van der Waals surface area contributed by atoms with E-state index in [2.05, 4.69) is 31.7 Å². The van der Waals surface area contributed by atoms with Crippen molar-refractivity contribution in [3.05, 3.63) is 47.7 Å². The van der Waals surface area contributed by atoms with E-state index in [1.54, 1.807) is 0 Å². The Hall–Kier alpha value is -1.24. The second-order valence-corrected chi connectivity index (χ2v) is 3.06. The molecule has 0 aliphatic rings. The third-order valence-electron chi connectivity index (χ3n) is 1.78. The van der Waals surface area contributed by atoms with Crippen molar-refractivity contribution in [2.24, 2.45) is 0 Å². The van der Waals surface area contributed by atoms with E-state index < -0.39 is 0 Å². The van der Waals surface area contributed by atoms with Crippen molar-refractivity contribution in [1.29, 1.82) is 0 Å². The molecule has 1 heteroatoms. The molecule has 78 valence electrons. The summed E-state index contributed by atoms with van der Waals surface area (Å²) in [6.45, 7) is 9.51. The molecule has 0 atom stereocenters. The molecule has 0 unspecified atom stereocenters. The van der Waals surface area contributed by atoms with Crippen LogP contribution in [0.3, 0.4) is 0 Å². The third kappa shape index (κ3) is 5.41. The first-order chi connectivity index (χ1) is 6.68. The van der Waals surface area contributed by atoms with Crippen LogP contribution in [-0.4, -0.2) is 5.11 Å². The van der Waals surface area contributed by atoms with Crippen LogP contribution in [0.2, 0.25) is 0 Å². The molecule has 0 aromatic heterocycles. The van der Waals surface area contributed by atoms with Crippen LogP contribution in [0.4, 0.5) is 0 Å². The molecule has 0 saturated carbocycles. The van der Waals surface area contributed by atoms with Gasteiger partial charge in [0.15, 0.2) is 0 Å². The van der Waals surface area contributed by atoms with Crippen molar-refractivity contribution in [3.8, 4) is 0 Å². The van der Waals surface area contributed by atoms with E-state index in [0.29, 0.717) is 6.42 Å². The zero-order valence-electron chi connectivity index (χ0n) is 9.38. The smallest absolute Gasteiger partial charge is 0.0854 e. The summed E-state index contributed by atoms with van der Waals surface area (Å²) in [4.78, 5) is 0. The van der Waals surface area contributed by atoms with Gasteiger partial charge in [0.1, 0.15) is 0 Å². The van der Waals surface area contributed by atoms with Crippen LogP contribution in [0.5, 0.6) is 0 Å². The van der Waals surface area contributed by atoms with E-state index in [1.165, 1.54) is 11.1 Å². The Morgan fingerprint density at radius 1 is 1.36 bits per heavy atom. The molecule has 0 amide bonds. The Kier molecular flexibility index (Phi) is 6.55. The van der Waals surface area contributed by atoms with Crippen molar-refractivity contribution < 1.29 is 5.11 Å². The first-order valence-electron chi connectivity index (χ1n) is 5.11. The second-order valence-electron chi connectivity index (χ2n) is 3.06. The summed E-state index contributed by atoms with van der Waals surface area (Å²) in [6, 6.07) is 8.29. The predicted octanol–water partition coefficient (Wildman–Crippen LogP) is 4.03. The maximum absolute atomic E-state index is 8.89. The molecule has 1 nitrogen and oxygen atoms in total. The number of aryl methyl sites for hydroxylation is 2. The normalized spacial score (nSPS) is 8.79. The molecule has 0 saturated heterocycles. The lowest BCUT2D eigenvalue weighted by atomic mass is 10.1. The molecule has 0 aliphatic carbocycles. The Morgan fingerprint density at radius 3 is 2.50 bits per heavy atom. The number of aliphatic hydroxyl groups is 1. The van der Waals surface area contributed by atoms with Gasteiger partial charge in [0.25, 0.3) is 0 Å². The maximum Gasteiger partial charge on any atom is 0.0854 e. The van der Waals surface area contributed by atoms with Gasteiger partial charge in [-0.3, -0.25) is 0 Å². The molecule has 0 radical (unpaired) electrons. The van der Waals surface area contributed by atoms with Gasteiger partial charge in [-0.05, 0) is 18.9 Å². The molecule has 1 N–H and O–H groups in total. The number of allylic oxidation sites excluding steroid dienone is 1. The van der Waals surface area contributed by atoms with Crippen LogP contribution in [0.1, 0.15) is 31.4 Å². The zero-order chi connectivity index (χ0) is 11.0. The van der Waals surface area contributed by atoms with Crippen molar-refractivity contribution in [3.63, 3.8) is 0 Å². The topological polar surface area (TPSA) is 20.2 Å². The van der Waals surface area contributed by atoms with Crippen LogP contribution in [-0.2, 0) is 6.42 Å². The highest BCUT2D eigenvalue weighted by Crippen LogP contribution is 2.08. The largest absolute Gasteiger partial charge is 0.513 e. The van der Waals surface area contributed by atoms with Gasteiger partial charge in [-0.15, -0.1) is 0 Å². The average Bonchev–Trinajstić information content (AvgIpc) is 2.18. The van der Waals surface area contributed by atoms with Crippen LogP contribution in [0, 0.1) is 6.92 Å². The molecular formula is C13H20O. The molecule has 1 aromatic carbocycles. The number of benzene rings is 1. The van der Waals surface area contributed by atoms with Crippen molar-refractivity contribution in [2.45, 2.75) is 33.6 Å². The Balaban J connectivity index is 0.000000791. The monoisotopic (exact) mass is 192 g/mol. The number of aliphatic hydroxyl groups excluding tert-OH is 1. The van der Waals surface area contributed by atoms with E-state index in [0.717, 1.165) is 6.42 Å². The van der Waals surface area contributed by atoms with Gasteiger partial charge in [0.05, 0.1) is 5.76 Å². The lowest BCUT2D eigenvalue weighted by Gasteiger charge is -2.00. The van der Waals surface area contributed by atoms with Gasteiger partial charge in [0.2, 0.25) is 0 Å². The minimum absolute atomic E-state index is 0.261. The van der Waals surface area contributed by atoms with Gasteiger partial charge < -0.3 is 5.11 Å². The summed E-state index contributed by atoms with van der Waals surface area (Å²) in [5, 5.41) is 8.89. The molecule has 0 aliphatic heterocycles. The van der Waals surface area contributed by atoms with Gasteiger partial charge in [0, 0.05) is 6.42 Å². The summed E-state index contributed by atoms with van der Waals surface area (Å²) in [5.74, 6) is 0.261. The zero-order valence-corrected chi connectivity index (χ0v) is 9.38. The predicted molar refractivity (Wildman–Crippen MR) is 62.6 cm³/mol. The second kappa shape index (κ2) is 7.19. The van der Waals surface area contributed by atoms with Gasteiger partial charge >= 0.3 is 0 Å². The van der Waals surface area contributed by atoms with Crippen LogP contribution in [0.15, 0.2) is 36.6 Å². The highest BCUT2D eigenvalue weighted by molar-refractivity contribution is 5.22. The third-order valence-corrected chi connectivity index (χ3v) is 1.78. The van der Waals surface area contributed by atoms with Gasteiger partial charge in [-0.1, -0.05) is 50.3 Å². The molecule has 0 fully saturated rings. The quantitative estimate of drug-likeness (QED) is 0.717. The lowest BCUT2D eigenvalue weighted by Crippen LogP contribution is -1.87. The van der Waals surface area contributed by atoms with Crippen LogP contribution in [0.25, 0.3) is 0 Å². The van der Waals surface area contributed by atoms with Crippen molar-refractivity contribution in [2.75, 3.05) is 0 Å². The molecule has 1 rings (SSSR count). The summed E-state index contributed by atoms with van der Waals surface area (Å²) in [6.07, 6.45) is 1.53. The van der Waals surface area contributed by atoms with E-state index in [1.807, 2.05) is 19.9 Å². The average molecular weight is 192 g/mol. The van der Waals surface area contributed by atoms with Crippen LogP contribution < -0.4 is 0 Å². The molecule has 0 heterocycles. The van der Waals surface area contributed by atoms with E-state index >= 15 is 0 Å². The minimum atomic E-state index is 0.261. The molecular weight excluding hydrogens is 172 g/mol. The van der Waals surface area contributed by atoms with Crippen molar-refractivity contribution >= 4 is 0 Å². The number of hydrogen-bond donors (Lipinski definition) is 1. The first kappa shape index (κ1) is 12.8. The van der Waals surface area contributed by atoms with E-state index in [9.17, 15) is 0 Å². The number of hydrogen-bond acceptors (Lipinski definition) is 1. The Morgan fingerprint density at radius 2 is 2.00 bits per heavy atom. The van der Waals surface area contributed by atoms with Gasteiger partial charge in [-0.25, -0.2) is 0 Å². The summed E-state index contributed by atoms with van der Waals surface area (Å²) in [5.41, 5.74) is 2.52. The molecule has 0 bridgehead atoms. The van der Waals surface area contributed by atoms with Crippen LogP contribution >= 0.6 is 0 Å². The fourth-order valence-electron chi connectivity index (χ4n) is 1.16. The first-order valence-corrected chi connectivity index (χ1v) is 5.11. The number of rotatable bonds is 3. The highest BCUT2D eigenvalue weighted by Gasteiger charge is 1.94. The Labute approximate surface area is 87.1 Å². The molecule has 0 spiro atoms. The van der Waals surface area contributed by atoms with Gasteiger partial charge in [-0.2, -0.15) is 0 Å². The minimum Gasteiger partial charge on any atom is -0.513 e. The SMILES string of the molecule is C=C(O)CCc1cccc(C)c1.CC. The fraction of sp³-hybridized carbons (Fsp3) is 0.385. The highest BCUT2D eigenvalue weighted by atomic mass is 16.3. The maximum atomic E-state index is 8.89. The standard InChI is InChI=1S/C11H14O.C2H6/c1-9-4-3-5-11(8-9)7-6-10(2)12;1-2/h3-5,8,12H,2,6-7H2,1H3;1-2H3. The Bertz CT molecular complexity index is 276. The summed E-state index contributed by atoms with van der Waals surface area (Å²) >= 11 is 0. The lowest BCUT2D eigenvalue weighted by molar-refractivity contribution is 0.391. The van der Waals surface area contributed by atoms with E-state index in [4.69, 9.17) is 5.11 Å². The van der Waals surface area contributed by atoms with Crippen molar-refractivity contribution in [1.82, 2.24) is 0 Å². The molecule has 14 heavy (non-hydrogen) atoms. The van der Waals surface area contributed by atoms with E-state index in [-0.39, 0.29) is 5.76 Å². The fourth-order valence-corrected chi connectivity index (χ4v) is 1.16. The summed E-state index contributed by atoms with van der Waals surface area (Å²) < 4.78 is 0. The summed E-state index contributed by atoms with van der Waals surface area (Å²) in [7, 11) is 0.